The van der Waals surface area contributed by atoms with E-state index in [1.54, 1.807) is 13.8 Å². The number of thiophene rings is 1. The Kier molecular flexibility index (Phi) is 5.32. The highest BCUT2D eigenvalue weighted by atomic mass is 79.9. The van der Waals surface area contributed by atoms with Crippen LogP contribution in [0.25, 0.3) is 0 Å². The van der Waals surface area contributed by atoms with Crippen molar-refractivity contribution in [3.8, 4) is 0 Å². The summed E-state index contributed by atoms with van der Waals surface area (Å²) >= 11 is 4.31. The first-order valence-corrected chi connectivity index (χ1v) is 8.38. The summed E-state index contributed by atoms with van der Waals surface area (Å²) in [6, 6.07) is 0.434. The van der Waals surface area contributed by atoms with Gasteiger partial charge in [-0.25, -0.2) is 8.42 Å². The number of aliphatic carboxylic acids is 1. The lowest BCUT2D eigenvalue weighted by atomic mass is 10.2. The van der Waals surface area contributed by atoms with Gasteiger partial charge in [-0.3, -0.25) is 4.79 Å². The average molecular weight is 356 g/mol. The zero-order chi connectivity index (χ0) is 13.9. The van der Waals surface area contributed by atoms with E-state index in [1.807, 2.05) is 0 Å². The largest absolute Gasteiger partial charge is 0.480 e. The molecule has 2 N–H and O–H groups in total. The number of hydrogen-bond acceptors (Lipinski definition) is 4. The van der Waals surface area contributed by atoms with Crippen LogP contribution in [0, 0.1) is 6.92 Å². The first-order valence-electron chi connectivity index (χ1n) is 5.29. The van der Waals surface area contributed by atoms with Gasteiger partial charge in [-0.15, -0.1) is 11.3 Å². The minimum Gasteiger partial charge on any atom is -0.480 e. The molecule has 18 heavy (non-hydrogen) atoms. The Hall–Kier alpha value is -0.440. The minimum atomic E-state index is -3.77. The van der Waals surface area contributed by atoms with Gasteiger partial charge in [-0.2, -0.15) is 4.72 Å². The van der Waals surface area contributed by atoms with Gasteiger partial charge in [0.15, 0.2) is 0 Å². The molecule has 0 aliphatic carbocycles. The SMILES string of the molecule is CCCC(NS(=O)(=O)c1cc(C)c(Br)s1)C(=O)O. The summed E-state index contributed by atoms with van der Waals surface area (Å²) in [6.45, 7) is 3.58. The third kappa shape index (κ3) is 3.78. The third-order valence-electron chi connectivity index (χ3n) is 2.27. The van der Waals surface area contributed by atoms with Gasteiger partial charge in [-0.05, 0) is 40.9 Å². The summed E-state index contributed by atoms with van der Waals surface area (Å²) in [7, 11) is -3.77. The maximum absolute atomic E-state index is 12.0. The van der Waals surface area contributed by atoms with E-state index in [0.29, 0.717) is 6.42 Å². The molecule has 0 aliphatic heterocycles. The molecule has 1 rings (SSSR count). The van der Waals surface area contributed by atoms with Crippen LogP contribution in [0.15, 0.2) is 14.1 Å². The first-order chi connectivity index (χ1) is 8.27. The predicted octanol–water partition coefficient (Wildman–Crippen LogP) is 2.35. The number of rotatable bonds is 6. The number of hydrogen-bond donors (Lipinski definition) is 2. The van der Waals surface area contributed by atoms with Crippen molar-refractivity contribution in [3.63, 3.8) is 0 Å². The summed E-state index contributed by atoms with van der Waals surface area (Å²) in [5.41, 5.74) is 0.808. The molecular formula is C10H14BrNO4S2. The zero-order valence-corrected chi connectivity index (χ0v) is 13.2. The van der Waals surface area contributed by atoms with Crippen molar-refractivity contribution in [2.24, 2.45) is 0 Å². The summed E-state index contributed by atoms with van der Waals surface area (Å²) < 4.78 is 27.1. The highest BCUT2D eigenvalue weighted by Crippen LogP contribution is 2.30. The van der Waals surface area contributed by atoms with Crippen LogP contribution >= 0.6 is 27.3 Å². The lowest BCUT2D eigenvalue weighted by molar-refractivity contribution is -0.139. The normalized spacial score (nSPS) is 13.5. The number of carbonyl (C=O) groups is 1. The van der Waals surface area contributed by atoms with E-state index >= 15 is 0 Å². The Labute approximate surface area is 118 Å². The van der Waals surface area contributed by atoms with Gasteiger partial charge in [0.05, 0.1) is 3.79 Å². The van der Waals surface area contributed by atoms with E-state index in [1.165, 1.54) is 6.07 Å². The van der Waals surface area contributed by atoms with Crippen molar-refractivity contribution in [2.75, 3.05) is 0 Å². The average Bonchev–Trinajstić information content (AvgIpc) is 2.59. The number of carboxylic acids is 1. The van der Waals surface area contributed by atoms with Gasteiger partial charge in [-0.1, -0.05) is 13.3 Å². The molecule has 0 fully saturated rings. The summed E-state index contributed by atoms with van der Waals surface area (Å²) in [5, 5.41) is 8.94. The number of nitrogens with one attached hydrogen (secondary N) is 1. The van der Waals surface area contributed by atoms with Crippen LogP contribution in [-0.4, -0.2) is 25.5 Å². The quantitative estimate of drug-likeness (QED) is 0.820. The van der Waals surface area contributed by atoms with Crippen LogP contribution in [-0.2, 0) is 14.8 Å². The Morgan fingerprint density at radius 3 is 2.61 bits per heavy atom. The van der Waals surface area contributed by atoms with Gasteiger partial charge < -0.3 is 5.11 Å². The Bertz CT molecular complexity index is 519. The van der Waals surface area contributed by atoms with Gasteiger partial charge in [0.1, 0.15) is 10.3 Å². The molecule has 5 nitrogen and oxygen atoms in total. The lowest BCUT2D eigenvalue weighted by Gasteiger charge is -2.12. The van der Waals surface area contributed by atoms with Crippen molar-refractivity contribution >= 4 is 43.3 Å². The molecule has 0 bridgehead atoms. The van der Waals surface area contributed by atoms with Crippen molar-refractivity contribution < 1.29 is 18.3 Å². The molecule has 1 heterocycles. The standard InChI is InChI=1S/C10H14BrNO4S2/c1-3-4-7(10(13)14)12-18(15,16)8-5-6(2)9(11)17-8/h5,7,12H,3-4H2,1-2H3,(H,13,14). The fraction of sp³-hybridized carbons (Fsp3) is 0.500. The topological polar surface area (TPSA) is 83.5 Å². The van der Waals surface area contributed by atoms with Crippen molar-refractivity contribution in [1.29, 1.82) is 0 Å². The highest BCUT2D eigenvalue weighted by Gasteiger charge is 2.26. The fourth-order valence-electron chi connectivity index (χ4n) is 1.33. The Morgan fingerprint density at radius 1 is 1.61 bits per heavy atom. The second-order valence-corrected chi connectivity index (χ2v) is 8.13. The number of halogens is 1. The summed E-state index contributed by atoms with van der Waals surface area (Å²) in [5.74, 6) is -1.16. The molecular weight excluding hydrogens is 342 g/mol. The summed E-state index contributed by atoms with van der Waals surface area (Å²) in [4.78, 5) is 10.9. The van der Waals surface area contributed by atoms with Crippen LogP contribution in [0.3, 0.4) is 0 Å². The predicted molar refractivity (Wildman–Crippen MR) is 73.4 cm³/mol. The van der Waals surface area contributed by atoms with Crippen LogP contribution in [0.5, 0.6) is 0 Å². The molecule has 0 aliphatic rings. The van der Waals surface area contributed by atoms with E-state index in [4.69, 9.17) is 5.11 Å². The maximum Gasteiger partial charge on any atom is 0.321 e. The molecule has 8 heteroatoms. The number of sulfonamides is 1. The fourth-order valence-corrected chi connectivity index (χ4v) is 4.80. The van der Waals surface area contributed by atoms with Crippen LogP contribution in [0.1, 0.15) is 25.3 Å². The third-order valence-corrected chi connectivity index (χ3v) is 6.35. The molecule has 0 spiro atoms. The van der Waals surface area contributed by atoms with E-state index < -0.39 is 22.0 Å². The molecule has 1 aromatic rings. The molecule has 0 saturated heterocycles. The molecule has 0 radical (unpaired) electrons. The van der Waals surface area contributed by atoms with Crippen molar-refractivity contribution in [1.82, 2.24) is 4.72 Å². The van der Waals surface area contributed by atoms with E-state index in [-0.39, 0.29) is 10.6 Å². The minimum absolute atomic E-state index is 0.120. The molecule has 102 valence electrons. The molecule has 0 saturated carbocycles. The Morgan fingerprint density at radius 2 is 2.22 bits per heavy atom. The van der Waals surface area contributed by atoms with Crippen molar-refractivity contribution in [3.05, 3.63) is 15.4 Å². The molecule has 1 atom stereocenters. The monoisotopic (exact) mass is 355 g/mol. The van der Waals surface area contributed by atoms with Crippen molar-refractivity contribution in [2.45, 2.75) is 36.9 Å². The van der Waals surface area contributed by atoms with Crippen LogP contribution < -0.4 is 4.72 Å². The van der Waals surface area contributed by atoms with E-state index in [9.17, 15) is 13.2 Å². The smallest absolute Gasteiger partial charge is 0.321 e. The number of carboxylic acid groups (broad SMARTS) is 1. The van der Waals surface area contributed by atoms with E-state index in [0.717, 1.165) is 20.7 Å². The summed E-state index contributed by atoms with van der Waals surface area (Å²) in [6.07, 6.45) is 0.854. The zero-order valence-electron chi connectivity index (χ0n) is 9.94. The van der Waals surface area contributed by atoms with Crippen LogP contribution in [0.4, 0.5) is 0 Å². The van der Waals surface area contributed by atoms with Gasteiger partial charge in [0, 0.05) is 0 Å². The van der Waals surface area contributed by atoms with Gasteiger partial charge in [0.2, 0.25) is 0 Å². The first kappa shape index (κ1) is 15.6. The molecule has 0 amide bonds. The second-order valence-electron chi connectivity index (χ2n) is 3.82. The molecule has 1 unspecified atom stereocenters. The Balaban J connectivity index is 2.96. The van der Waals surface area contributed by atoms with Gasteiger partial charge >= 0.3 is 5.97 Å². The van der Waals surface area contributed by atoms with E-state index in [2.05, 4.69) is 20.7 Å². The second kappa shape index (κ2) is 6.14. The molecule has 1 aromatic heterocycles. The number of aryl methyl sites for hydroxylation is 1. The van der Waals surface area contributed by atoms with Gasteiger partial charge in [0.25, 0.3) is 10.0 Å². The van der Waals surface area contributed by atoms with Crippen LogP contribution in [0.2, 0.25) is 0 Å². The lowest BCUT2D eigenvalue weighted by Crippen LogP contribution is -2.40. The maximum atomic E-state index is 12.0. The molecule has 0 aromatic carbocycles. The highest BCUT2D eigenvalue weighted by molar-refractivity contribution is 9.11.